The summed E-state index contributed by atoms with van der Waals surface area (Å²) in [5.74, 6) is 1.56. The van der Waals surface area contributed by atoms with E-state index in [1.807, 2.05) is 0 Å². The highest BCUT2D eigenvalue weighted by Crippen LogP contribution is 2.28. The molecule has 2 unspecified atom stereocenters. The zero-order valence-corrected chi connectivity index (χ0v) is 13.8. The van der Waals surface area contributed by atoms with Gasteiger partial charge in [-0.05, 0) is 43.7 Å². The lowest BCUT2D eigenvalue weighted by molar-refractivity contribution is 0.254. The third kappa shape index (κ3) is 3.53. The Bertz CT molecular complexity index is 395. The largest absolute Gasteiger partial charge is 0.317 e. The van der Waals surface area contributed by atoms with E-state index in [1.165, 1.54) is 0 Å². The van der Waals surface area contributed by atoms with Crippen molar-refractivity contribution < 1.29 is 8.42 Å². The van der Waals surface area contributed by atoms with Crippen molar-refractivity contribution in [3.63, 3.8) is 0 Å². The SMILES string of the molecule is CCNCC1CCN(S(=O)(=O)N2CC(C)C(C)C2)CC1. The zero-order chi connectivity index (χ0) is 14.8. The van der Waals surface area contributed by atoms with E-state index in [0.29, 0.717) is 43.9 Å². The van der Waals surface area contributed by atoms with Crippen LogP contribution in [-0.2, 0) is 10.2 Å². The van der Waals surface area contributed by atoms with Crippen LogP contribution < -0.4 is 5.32 Å². The Balaban J connectivity index is 1.89. The van der Waals surface area contributed by atoms with Gasteiger partial charge in [-0.3, -0.25) is 0 Å². The quantitative estimate of drug-likeness (QED) is 0.829. The molecule has 0 bridgehead atoms. The summed E-state index contributed by atoms with van der Waals surface area (Å²) in [4.78, 5) is 0. The minimum Gasteiger partial charge on any atom is -0.317 e. The highest BCUT2D eigenvalue weighted by Gasteiger charge is 2.38. The van der Waals surface area contributed by atoms with Gasteiger partial charge in [0.1, 0.15) is 0 Å². The fourth-order valence-electron chi connectivity index (χ4n) is 3.12. The zero-order valence-electron chi connectivity index (χ0n) is 13.0. The van der Waals surface area contributed by atoms with E-state index in [2.05, 4.69) is 26.1 Å². The molecule has 2 rings (SSSR count). The summed E-state index contributed by atoms with van der Waals surface area (Å²) in [6, 6.07) is 0. The second-order valence-corrected chi connectivity index (χ2v) is 8.36. The topological polar surface area (TPSA) is 52.7 Å². The number of hydrogen-bond acceptors (Lipinski definition) is 3. The first-order valence-electron chi connectivity index (χ1n) is 7.91. The van der Waals surface area contributed by atoms with Gasteiger partial charge in [-0.1, -0.05) is 20.8 Å². The van der Waals surface area contributed by atoms with E-state index < -0.39 is 10.2 Å². The van der Waals surface area contributed by atoms with Gasteiger partial charge in [0.15, 0.2) is 0 Å². The van der Waals surface area contributed by atoms with Gasteiger partial charge in [-0.25, -0.2) is 0 Å². The summed E-state index contributed by atoms with van der Waals surface area (Å²) in [7, 11) is -3.23. The Labute approximate surface area is 123 Å². The van der Waals surface area contributed by atoms with Crippen molar-refractivity contribution in [1.82, 2.24) is 13.9 Å². The van der Waals surface area contributed by atoms with Crippen LogP contribution >= 0.6 is 0 Å². The van der Waals surface area contributed by atoms with Gasteiger partial charge >= 0.3 is 0 Å². The minimum absolute atomic E-state index is 0.469. The summed E-state index contributed by atoms with van der Waals surface area (Å²) in [6.07, 6.45) is 1.95. The molecular formula is C14H29N3O2S. The molecule has 0 radical (unpaired) electrons. The lowest BCUT2D eigenvalue weighted by Crippen LogP contribution is -2.47. The van der Waals surface area contributed by atoms with Crippen LogP contribution in [0.2, 0.25) is 0 Å². The molecule has 0 spiro atoms. The van der Waals surface area contributed by atoms with Crippen molar-refractivity contribution in [1.29, 1.82) is 0 Å². The maximum absolute atomic E-state index is 12.6. The average molecular weight is 303 g/mol. The smallest absolute Gasteiger partial charge is 0.281 e. The molecule has 0 aliphatic carbocycles. The minimum atomic E-state index is -3.23. The number of rotatable bonds is 5. The molecular weight excluding hydrogens is 274 g/mol. The van der Waals surface area contributed by atoms with Gasteiger partial charge in [-0.2, -0.15) is 17.0 Å². The predicted molar refractivity (Wildman–Crippen MR) is 81.7 cm³/mol. The molecule has 6 heteroatoms. The first-order chi connectivity index (χ1) is 9.45. The predicted octanol–water partition coefficient (Wildman–Crippen LogP) is 1.14. The summed E-state index contributed by atoms with van der Waals surface area (Å²) in [5, 5.41) is 3.36. The monoisotopic (exact) mass is 303 g/mol. The average Bonchev–Trinajstić information content (AvgIpc) is 2.77. The molecule has 2 atom stereocenters. The van der Waals surface area contributed by atoms with Crippen LogP contribution in [0, 0.1) is 17.8 Å². The standard InChI is InChI=1S/C14H29N3O2S/c1-4-15-9-14-5-7-16(8-6-14)20(18,19)17-10-12(2)13(3)11-17/h12-15H,4-11H2,1-3H3. The van der Waals surface area contributed by atoms with E-state index >= 15 is 0 Å². The van der Waals surface area contributed by atoms with Crippen molar-refractivity contribution in [2.75, 3.05) is 39.3 Å². The maximum Gasteiger partial charge on any atom is 0.281 e. The van der Waals surface area contributed by atoms with Gasteiger partial charge in [0, 0.05) is 26.2 Å². The third-order valence-electron chi connectivity index (χ3n) is 4.86. The van der Waals surface area contributed by atoms with Crippen LogP contribution in [0.15, 0.2) is 0 Å². The molecule has 0 aromatic rings. The highest BCUT2D eigenvalue weighted by atomic mass is 32.2. The molecule has 20 heavy (non-hydrogen) atoms. The molecule has 2 aliphatic rings. The Hall–Kier alpha value is -0.170. The van der Waals surface area contributed by atoms with Gasteiger partial charge in [0.25, 0.3) is 10.2 Å². The van der Waals surface area contributed by atoms with Gasteiger partial charge < -0.3 is 5.32 Å². The molecule has 2 heterocycles. The molecule has 0 saturated carbocycles. The van der Waals surface area contributed by atoms with Crippen molar-refractivity contribution >= 4 is 10.2 Å². The van der Waals surface area contributed by atoms with Crippen molar-refractivity contribution in [3.05, 3.63) is 0 Å². The molecule has 0 aromatic carbocycles. The highest BCUT2D eigenvalue weighted by molar-refractivity contribution is 7.86. The van der Waals surface area contributed by atoms with Crippen LogP contribution in [0.25, 0.3) is 0 Å². The van der Waals surface area contributed by atoms with Crippen LogP contribution in [0.1, 0.15) is 33.6 Å². The molecule has 5 nitrogen and oxygen atoms in total. The third-order valence-corrected chi connectivity index (χ3v) is 6.83. The number of nitrogens with zero attached hydrogens (tertiary/aromatic N) is 2. The van der Waals surface area contributed by atoms with Crippen LogP contribution in [0.3, 0.4) is 0 Å². The summed E-state index contributed by atoms with van der Waals surface area (Å²) in [5.41, 5.74) is 0. The fraction of sp³-hybridized carbons (Fsp3) is 1.00. The lowest BCUT2D eigenvalue weighted by atomic mass is 9.98. The van der Waals surface area contributed by atoms with E-state index in [9.17, 15) is 8.42 Å². The van der Waals surface area contributed by atoms with Crippen LogP contribution in [-0.4, -0.2) is 56.3 Å². The van der Waals surface area contributed by atoms with Crippen LogP contribution in [0.5, 0.6) is 0 Å². The maximum atomic E-state index is 12.6. The summed E-state index contributed by atoms with van der Waals surface area (Å²) in [6.45, 7) is 11.1. The Morgan fingerprint density at radius 3 is 2.10 bits per heavy atom. The van der Waals surface area contributed by atoms with Crippen molar-refractivity contribution in [3.8, 4) is 0 Å². The number of nitrogens with one attached hydrogen (secondary N) is 1. The molecule has 2 fully saturated rings. The fourth-order valence-corrected chi connectivity index (χ4v) is 4.97. The molecule has 118 valence electrons. The van der Waals surface area contributed by atoms with Gasteiger partial charge in [-0.15, -0.1) is 0 Å². The Morgan fingerprint density at radius 2 is 1.60 bits per heavy atom. The summed E-state index contributed by atoms with van der Waals surface area (Å²) < 4.78 is 28.7. The Kier molecular flexibility index (Phi) is 5.45. The second-order valence-electron chi connectivity index (χ2n) is 6.43. The van der Waals surface area contributed by atoms with Crippen molar-refractivity contribution in [2.24, 2.45) is 17.8 Å². The second kappa shape index (κ2) is 6.73. The molecule has 2 aliphatic heterocycles. The first kappa shape index (κ1) is 16.2. The molecule has 2 saturated heterocycles. The van der Waals surface area contributed by atoms with E-state index in [-0.39, 0.29) is 0 Å². The molecule has 0 aromatic heterocycles. The number of piperidine rings is 1. The van der Waals surface area contributed by atoms with Crippen molar-refractivity contribution in [2.45, 2.75) is 33.6 Å². The molecule has 0 amide bonds. The van der Waals surface area contributed by atoms with Crippen LogP contribution in [0.4, 0.5) is 0 Å². The normalized spacial score (nSPS) is 30.9. The van der Waals surface area contributed by atoms with E-state index in [1.54, 1.807) is 8.61 Å². The lowest BCUT2D eigenvalue weighted by Gasteiger charge is -2.33. The van der Waals surface area contributed by atoms with Gasteiger partial charge in [0.2, 0.25) is 0 Å². The number of hydrogen-bond donors (Lipinski definition) is 1. The molecule has 1 N–H and O–H groups in total. The van der Waals surface area contributed by atoms with E-state index in [0.717, 1.165) is 25.9 Å². The van der Waals surface area contributed by atoms with E-state index in [4.69, 9.17) is 0 Å². The summed E-state index contributed by atoms with van der Waals surface area (Å²) >= 11 is 0. The van der Waals surface area contributed by atoms with Gasteiger partial charge in [0.05, 0.1) is 0 Å². The first-order valence-corrected chi connectivity index (χ1v) is 9.30. The Morgan fingerprint density at radius 1 is 1.05 bits per heavy atom.